The molecule has 0 aromatic heterocycles. The van der Waals surface area contributed by atoms with Crippen molar-refractivity contribution in [2.24, 2.45) is 11.3 Å². The number of hydrogen-bond acceptors (Lipinski definition) is 5. The lowest BCUT2D eigenvalue weighted by molar-refractivity contribution is -0.209. The molecule has 3 aliphatic carbocycles. The highest BCUT2D eigenvalue weighted by Crippen LogP contribution is 2.56. The van der Waals surface area contributed by atoms with Gasteiger partial charge < -0.3 is 18.3 Å². The molecular weight excluding hydrogens is 629 g/mol. The summed E-state index contributed by atoms with van der Waals surface area (Å²) in [5.74, 6) is -0.492. The Bertz CT molecular complexity index is 1270. The fraction of sp³-hybridized carbons (Fsp3) is 0.780. The van der Waals surface area contributed by atoms with Gasteiger partial charge in [0.25, 0.3) is 0 Å². The number of carbonyl (C=O) groups excluding carboxylic acids is 1. The van der Waals surface area contributed by atoms with Gasteiger partial charge in [-0.1, -0.05) is 91.3 Å². The number of rotatable bonds is 11. The molecule has 0 heterocycles. The van der Waals surface area contributed by atoms with E-state index < -0.39 is 28.0 Å². The third-order valence-corrected chi connectivity index (χ3v) is 21.1. The molecule has 0 saturated heterocycles. The topological polar surface area (TPSA) is 54.0 Å². The van der Waals surface area contributed by atoms with Gasteiger partial charge >= 0.3 is 5.97 Å². The van der Waals surface area contributed by atoms with Crippen LogP contribution in [0.5, 0.6) is 0 Å². The summed E-state index contributed by atoms with van der Waals surface area (Å²) < 4.78 is 27.1. The summed E-state index contributed by atoms with van der Waals surface area (Å²) in [6.07, 6.45) is 15.1. The average Bonchev–Trinajstić information content (AvgIpc) is 3.26. The monoisotopic (exact) mass is 700 g/mol. The van der Waals surface area contributed by atoms with Gasteiger partial charge in [0, 0.05) is 19.3 Å². The Morgan fingerprint density at radius 1 is 1.00 bits per heavy atom. The molecular formula is C41H72O5Si2. The molecule has 0 aromatic carbocycles. The minimum absolute atomic E-state index is 0.00498. The van der Waals surface area contributed by atoms with Crippen molar-refractivity contribution in [3.8, 4) is 0 Å². The number of carbonyl (C=O) groups is 1. The third-order valence-electron chi connectivity index (χ3n) is 12.1. The lowest BCUT2D eigenvalue weighted by Crippen LogP contribution is -2.56. The highest BCUT2D eigenvalue weighted by molar-refractivity contribution is 6.74. The first kappa shape index (κ1) is 41.2. The first-order valence-electron chi connectivity index (χ1n) is 18.8. The molecule has 0 N–H and O–H groups in total. The zero-order valence-electron chi connectivity index (χ0n) is 33.7. The van der Waals surface area contributed by atoms with Crippen LogP contribution < -0.4 is 0 Å². The Morgan fingerprint density at radius 3 is 2.19 bits per heavy atom. The second kappa shape index (κ2) is 14.8. The summed E-state index contributed by atoms with van der Waals surface area (Å²) in [5.41, 5.74) is 5.20. The van der Waals surface area contributed by atoms with Crippen LogP contribution in [0, 0.1) is 11.3 Å². The van der Waals surface area contributed by atoms with E-state index in [0.717, 1.165) is 30.4 Å². The van der Waals surface area contributed by atoms with Gasteiger partial charge in [-0.2, -0.15) is 0 Å². The fourth-order valence-corrected chi connectivity index (χ4v) is 10.0. The van der Waals surface area contributed by atoms with Crippen LogP contribution in [-0.2, 0) is 23.1 Å². The van der Waals surface area contributed by atoms with Gasteiger partial charge in [0.05, 0.1) is 12.7 Å². The molecule has 7 heteroatoms. The van der Waals surface area contributed by atoms with Gasteiger partial charge in [0.1, 0.15) is 5.60 Å². The van der Waals surface area contributed by atoms with E-state index in [4.69, 9.17) is 24.9 Å². The van der Waals surface area contributed by atoms with E-state index in [0.29, 0.717) is 38.2 Å². The van der Waals surface area contributed by atoms with Gasteiger partial charge in [0.15, 0.2) is 22.4 Å². The van der Waals surface area contributed by atoms with Crippen molar-refractivity contribution in [3.05, 3.63) is 47.1 Å². The maximum Gasteiger partial charge on any atom is 0.306 e. The summed E-state index contributed by atoms with van der Waals surface area (Å²) in [5, 5.41) is 0.0434. The molecule has 4 atom stereocenters. The molecule has 0 aromatic rings. The van der Waals surface area contributed by atoms with E-state index in [-0.39, 0.29) is 27.6 Å². The van der Waals surface area contributed by atoms with Crippen LogP contribution in [-0.4, -0.2) is 46.7 Å². The molecule has 274 valence electrons. The smallest absolute Gasteiger partial charge is 0.306 e. The van der Waals surface area contributed by atoms with E-state index >= 15 is 0 Å². The molecule has 5 nitrogen and oxygen atoms in total. The second-order valence-electron chi connectivity index (χ2n) is 19.2. The van der Waals surface area contributed by atoms with Crippen LogP contribution in [0.1, 0.15) is 134 Å². The molecule has 3 rings (SSSR count). The van der Waals surface area contributed by atoms with Crippen molar-refractivity contribution in [2.75, 3.05) is 6.61 Å². The van der Waals surface area contributed by atoms with Crippen molar-refractivity contribution in [1.29, 1.82) is 0 Å². The minimum Gasteiger partial charge on any atom is -0.460 e. The van der Waals surface area contributed by atoms with E-state index in [1.807, 2.05) is 20.8 Å². The first-order chi connectivity index (χ1) is 21.8. The number of ether oxygens (including phenoxy) is 2. The van der Waals surface area contributed by atoms with Crippen molar-refractivity contribution >= 4 is 22.6 Å². The van der Waals surface area contributed by atoms with Crippen molar-refractivity contribution in [2.45, 2.75) is 188 Å². The van der Waals surface area contributed by atoms with Crippen LogP contribution in [0.15, 0.2) is 47.1 Å². The molecule has 0 aliphatic heterocycles. The molecule has 2 saturated carbocycles. The SMILES string of the molecule is C=C1C(=CC=C2CCC[C@]3(C)C(CC)=CC[C@@H]23)C[C@@](OCCCC(=O)OC(C)(C)C)(O[Si](C)(C)C(C)(C)C)C[C@@H]1O[Si](C)(C)C(C)(C)C. The Labute approximate surface area is 297 Å². The summed E-state index contributed by atoms with van der Waals surface area (Å²) in [6.45, 7) is 38.6. The average molecular weight is 701 g/mol. The zero-order chi connectivity index (χ0) is 36.6. The van der Waals surface area contributed by atoms with Crippen molar-refractivity contribution < 1.29 is 23.1 Å². The maximum absolute atomic E-state index is 12.6. The molecule has 0 bridgehead atoms. The second-order valence-corrected chi connectivity index (χ2v) is 28.6. The zero-order valence-corrected chi connectivity index (χ0v) is 35.7. The lowest BCUT2D eigenvalue weighted by atomic mass is 9.64. The quantitative estimate of drug-likeness (QED) is 0.0706. The third kappa shape index (κ3) is 9.74. The van der Waals surface area contributed by atoms with Crippen LogP contribution >= 0.6 is 0 Å². The fourth-order valence-electron chi connectivity index (χ4n) is 7.26. The van der Waals surface area contributed by atoms with E-state index in [2.05, 4.69) is 99.8 Å². The largest absolute Gasteiger partial charge is 0.460 e. The highest BCUT2D eigenvalue weighted by atomic mass is 28.4. The Morgan fingerprint density at radius 2 is 1.62 bits per heavy atom. The molecule has 0 spiro atoms. The number of hydrogen-bond donors (Lipinski definition) is 0. The van der Waals surface area contributed by atoms with Crippen LogP contribution in [0.25, 0.3) is 0 Å². The number of esters is 1. The van der Waals surface area contributed by atoms with Crippen molar-refractivity contribution in [1.82, 2.24) is 0 Å². The maximum atomic E-state index is 12.6. The van der Waals surface area contributed by atoms with Gasteiger partial charge in [-0.25, -0.2) is 0 Å². The summed E-state index contributed by atoms with van der Waals surface area (Å²) in [4.78, 5) is 12.6. The standard InChI is InChI=1S/C41H72O5Si2/c1-17-33-24-25-34-31(20-18-26-40(33,34)12)22-23-32-28-41(46-48(15,16)39(9,10)11,43-27-19-21-36(42)44-37(3,4)5)29-35(30(32)2)45-47(13,14)38(6,7)8/h22-24,34-35H,2,17-21,25-29H2,1,3-16H3/t34-,35-,40+,41+/m0/s1. The molecule has 0 unspecified atom stereocenters. The van der Waals surface area contributed by atoms with Crippen molar-refractivity contribution in [3.63, 3.8) is 0 Å². The Kier molecular flexibility index (Phi) is 12.7. The number of fused-ring (bicyclic) bond motifs is 1. The lowest BCUT2D eigenvalue weighted by Gasteiger charge is -2.51. The van der Waals surface area contributed by atoms with Gasteiger partial charge in [-0.15, -0.1) is 0 Å². The summed E-state index contributed by atoms with van der Waals surface area (Å²) in [7, 11) is -4.45. The number of allylic oxidation sites excluding steroid dienone is 5. The molecule has 2 fully saturated rings. The van der Waals surface area contributed by atoms with Gasteiger partial charge in [-0.05, 0) is 118 Å². The summed E-state index contributed by atoms with van der Waals surface area (Å²) in [6, 6.07) is 0. The predicted molar refractivity (Wildman–Crippen MR) is 207 cm³/mol. The van der Waals surface area contributed by atoms with Crippen LogP contribution in [0.4, 0.5) is 0 Å². The van der Waals surface area contributed by atoms with Crippen LogP contribution in [0.2, 0.25) is 36.3 Å². The normalized spacial score (nSPS) is 29.3. The molecule has 48 heavy (non-hydrogen) atoms. The Hall–Kier alpha value is -1.26. The van der Waals surface area contributed by atoms with Gasteiger partial charge in [-0.3, -0.25) is 4.79 Å². The first-order valence-corrected chi connectivity index (χ1v) is 24.6. The molecule has 3 aliphatic rings. The summed E-state index contributed by atoms with van der Waals surface area (Å²) >= 11 is 0. The van der Waals surface area contributed by atoms with E-state index in [1.54, 1.807) is 11.1 Å². The van der Waals surface area contributed by atoms with Gasteiger partial charge in [0.2, 0.25) is 0 Å². The van der Waals surface area contributed by atoms with E-state index in [9.17, 15) is 4.79 Å². The van der Waals surface area contributed by atoms with E-state index in [1.165, 1.54) is 12.8 Å². The molecule has 0 amide bonds. The minimum atomic E-state index is -2.29. The van der Waals surface area contributed by atoms with Crippen LogP contribution in [0.3, 0.4) is 0 Å². The molecule has 0 radical (unpaired) electrons. The highest BCUT2D eigenvalue weighted by Gasteiger charge is 2.52. The predicted octanol–water partition coefficient (Wildman–Crippen LogP) is 12.0. The Balaban J connectivity index is 2.04.